The molecule has 4 heteroatoms. The molecule has 0 amide bonds. The summed E-state index contributed by atoms with van der Waals surface area (Å²) in [6, 6.07) is 9.60. The van der Waals surface area contributed by atoms with Gasteiger partial charge in [0, 0.05) is 13.6 Å². The fourth-order valence-corrected chi connectivity index (χ4v) is 1.54. The highest BCUT2D eigenvalue weighted by Crippen LogP contribution is 2.18. The van der Waals surface area contributed by atoms with E-state index in [-0.39, 0.29) is 0 Å². The van der Waals surface area contributed by atoms with Crippen LogP contribution in [0.3, 0.4) is 0 Å². The minimum absolute atomic E-state index is 0.413. The summed E-state index contributed by atoms with van der Waals surface area (Å²) < 4.78 is 0. The Hall–Kier alpha value is -1.55. The Morgan fingerprint density at radius 1 is 1.29 bits per heavy atom. The molecule has 4 nitrogen and oxygen atoms in total. The van der Waals surface area contributed by atoms with E-state index in [2.05, 4.69) is 15.6 Å². The number of hydrogen-bond donors (Lipinski definition) is 3. The molecule has 1 unspecified atom stereocenters. The molecule has 1 aromatic carbocycles. The van der Waals surface area contributed by atoms with E-state index in [1.54, 1.807) is 14.0 Å². The molecule has 0 saturated carbocycles. The van der Waals surface area contributed by atoms with Crippen LogP contribution in [0.4, 0.5) is 0 Å². The lowest BCUT2D eigenvalue weighted by Crippen LogP contribution is -2.44. The third kappa shape index (κ3) is 4.07. The largest absolute Gasteiger partial charge is 0.384 e. The van der Waals surface area contributed by atoms with Gasteiger partial charge in [0.2, 0.25) is 0 Å². The number of rotatable bonds is 4. The molecule has 0 aliphatic carbocycles. The van der Waals surface area contributed by atoms with E-state index in [4.69, 9.17) is 0 Å². The van der Waals surface area contributed by atoms with Crippen LogP contribution in [0.1, 0.15) is 19.4 Å². The maximum absolute atomic E-state index is 10.4. The van der Waals surface area contributed by atoms with Crippen LogP contribution in [-0.4, -0.2) is 31.2 Å². The van der Waals surface area contributed by atoms with Crippen LogP contribution in [0.5, 0.6) is 0 Å². The van der Waals surface area contributed by atoms with Gasteiger partial charge >= 0.3 is 0 Å². The summed E-state index contributed by atoms with van der Waals surface area (Å²) in [6.07, 6.45) is 0. The molecule has 0 aromatic heterocycles. The number of hydrogen-bond acceptors (Lipinski definition) is 2. The summed E-state index contributed by atoms with van der Waals surface area (Å²) in [5.74, 6) is 0.698. The summed E-state index contributed by atoms with van der Waals surface area (Å²) in [4.78, 5) is 4.06. The second-order valence-electron chi connectivity index (χ2n) is 4.10. The quantitative estimate of drug-likeness (QED) is 0.540. The molecule has 0 heterocycles. The molecule has 94 valence electrons. The average molecular weight is 235 g/mol. The summed E-state index contributed by atoms with van der Waals surface area (Å²) in [7, 11) is 1.71. The number of guanidine groups is 1. The van der Waals surface area contributed by atoms with E-state index in [9.17, 15) is 5.11 Å². The maximum atomic E-state index is 10.4. The fourth-order valence-electron chi connectivity index (χ4n) is 1.54. The van der Waals surface area contributed by atoms with Gasteiger partial charge in [-0.15, -0.1) is 0 Å². The van der Waals surface area contributed by atoms with Crippen LogP contribution in [0.25, 0.3) is 0 Å². The second kappa shape index (κ2) is 6.25. The minimum Gasteiger partial charge on any atom is -0.384 e. The van der Waals surface area contributed by atoms with Gasteiger partial charge in [0.25, 0.3) is 0 Å². The van der Waals surface area contributed by atoms with Crippen LogP contribution < -0.4 is 10.6 Å². The Morgan fingerprint density at radius 3 is 2.47 bits per heavy atom. The summed E-state index contributed by atoms with van der Waals surface area (Å²) in [5.41, 5.74) is -0.0217. The van der Waals surface area contributed by atoms with Gasteiger partial charge < -0.3 is 15.7 Å². The monoisotopic (exact) mass is 235 g/mol. The summed E-state index contributed by atoms with van der Waals surface area (Å²) >= 11 is 0. The highest BCUT2D eigenvalue weighted by molar-refractivity contribution is 5.79. The molecular weight excluding hydrogens is 214 g/mol. The molecule has 1 rings (SSSR count). The van der Waals surface area contributed by atoms with Crippen molar-refractivity contribution in [3.05, 3.63) is 35.9 Å². The van der Waals surface area contributed by atoms with E-state index in [1.807, 2.05) is 37.3 Å². The zero-order valence-corrected chi connectivity index (χ0v) is 10.7. The smallest absolute Gasteiger partial charge is 0.191 e. The van der Waals surface area contributed by atoms with Crippen molar-refractivity contribution in [1.29, 1.82) is 0 Å². The van der Waals surface area contributed by atoms with Gasteiger partial charge in [0.05, 0.1) is 6.54 Å². The normalized spacial score (nSPS) is 15.2. The van der Waals surface area contributed by atoms with Crippen molar-refractivity contribution >= 4 is 5.96 Å². The van der Waals surface area contributed by atoms with Crippen molar-refractivity contribution in [2.45, 2.75) is 19.4 Å². The van der Waals surface area contributed by atoms with Gasteiger partial charge in [-0.3, -0.25) is 4.99 Å². The topological polar surface area (TPSA) is 56.7 Å². The first-order chi connectivity index (χ1) is 8.10. The third-order valence-corrected chi connectivity index (χ3v) is 2.56. The molecule has 0 fully saturated rings. The number of nitrogens with one attached hydrogen (secondary N) is 2. The van der Waals surface area contributed by atoms with Crippen molar-refractivity contribution in [1.82, 2.24) is 10.6 Å². The lowest BCUT2D eigenvalue weighted by Gasteiger charge is -2.25. The number of nitrogens with zero attached hydrogens (tertiary/aromatic N) is 1. The SMILES string of the molecule is CCNC(=NC)NCC(C)(O)c1ccccc1. The fraction of sp³-hybridized carbons (Fsp3) is 0.462. The first-order valence-electron chi connectivity index (χ1n) is 5.82. The Morgan fingerprint density at radius 2 is 1.94 bits per heavy atom. The van der Waals surface area contributed by atoms with Crippen LogP contribution in [0, 0.1) is 0 Å². The number of aliphatic imine (C=N–C) groups is 1. The van der Waals surface area contributed by atoms with E-state index in [0.717, 1.165) is 12.1 Å². The van der Waals surface area contributed by atoms with Crippen molar-refractivity contribution in [2.24, 2.45) is 4.99 Å². The molecule has 1 atom stereocenters. The molecule has 0 spiro atoms. The van der Waals surface area contributed by atoms with Crippen molar-refractivity contribution < 1.29 is 5.11 Å². The standard InChI is InChI=1S/C13H21N3O/c1-4-15-12(14-3)16-10-13(2,17)11-8-6-5-7-9-11/h5-9,17H,4,10H2,1-3H3,(H2,14,15,16). The van der Waals surface area contributed by atoms with Gasteiger partial charge in [-0.05, 0) is 19.4 Å². The van der Waals surface area contributed by atoms with Gasteiger partial charge in [0.15, 0.2) is 5.96 Å². The van der Waals surface area contributed by atoms with Crippen molar-refractivity contribution in [3.63, 3.8) is 0 Å². The number of aliphatic hydroxyl groups is 1. The molecule has 0 aliphatic rings. The van der Waals surface area contributed by atoms with Gasteiger partial charge in [0.1, 0.15) is 5.60 Å². The lowest BCUT2D eigenvalue weighted by molar-refractivity contribution is 0.0617. The highest BCUT2D eigenvalue weighted by Gasteiger charge is 2.22. The van der Waals surface area contributed by atoms with Gasteiger partial charge in [-0.25, -0.2) is 0 Å². The van der Waals surface area contributed by atoms with Crippen LogP contribution in [0.2, 0.25) is 0 Å². The molecule has 0 radical (unpaired) electrons. The molecule has 0 aliphatic heterocycles. The summed E-state index contributed by atoms with van der Waals surface area (Å²) in [5, 5.41) is 16.5. The summed E-state index contributed by atoms with van der Waals surface area (Å²) in [6.45, 7) is 5.00. The van der Waals surface area contributed by atoms with Crippen molar-refractivity contribution in [2.75, 3.05) is 20.1 Å². The zero-order chi connectivity index (χ0) is 12.7. The molecule has 3 N–H and O–H groups in total. The van der Waals surface area contributed by atoms with E-state index in [0.29, 0.717) is 12.5 Å². The predicted octanol–water partition coefficient (Wildman–Crippen LogP) is 1.08. The zero-order valence-electron chi connectivity index (χ0n) is 10.7. The number of benzene rings is 1. The van der Waals surface area contributed by atoms with Crippen LogP contribution in [-0.2, 0) is 5.60 Å². The predicted molar refractivity (Wildman–Crippen MR) is 71.1 cm³/mol. The first-order valence-corrected chi connectivity index (χ1v) is 5.82. The Bertz CT molecular complexity index is 360. The Kier molecular flexibility index (Phi) is 4.97. The average Bonchev–Trinajstić information content (AvgIpc) is 2.35. The molecule has 0 bridgehead atoms. The molecular formula is C13H21N3O. The lowest BCUT2D eigenvalue weighted by atomic mass is 9.96. The molecule has 1 aromatic rings. The Labute approximate surface area is 103 Å². The van der Waals surface area contributed by atoms with Gasteiger partial charge in [-0.2, -0.15) is 0 Å². The van der Waals surface area contributed by atoms with E-state index in [1.165, 1.54) is 0 Å². The van der Waals surface area contributed by atoms with E-state index >= 15 is 0 Å². The first kappa shape index (κ1) is 13.5. The molecule has 0 saturated heterocycles. The van der Waals surface area contributed by atoms with Crippen LogP contribution in [0.15, 0.2) is 35.3 Å². The second-order valence-corrected chi connectivity index (χ2v) is 4.10. The third-order valence-electron chi connectivity index (χ3n) is 2.56. The van der Waals surface area contributed by atoms with E-state index < -0.39 is 5.60 Å². The minimum atomic E-state index is -0.910. The maximum Gasteiger partial charge on any atom is 0.191 e. The van der Waals surface area contributed by atoms with Crippen LogP contribution >= 0.6 is 0 Å². The van der Waals surface area contributed by atoms with Gasteiger partial charge in [-0.1, -0.05) is 30.3 Å². The highest BCUT2D eigenvalue weighted by atomic mass is 16.3. The van der Waals surface area contributed by atoms with Crippen molar-refractivity contribution in [3.8, 4) is 0 Å². The molecule has 17 heavy (non-hydrogen) atoms. The Balaban J connectivity index is 2.61.